The van der Waals surface area contributed by atoms with Crippen molar-refractivity contribution in [2.24, 2.45) is 0 Å². The molecule has 27 heavy (non-hydrogen) atoms. The summed E-state index contributed by atoms with van der Waals surface area (Å²) in [5.74, 6) is 0. The second-order valence-electron chi connectivity index (χ2n) is 6.30. The van der Waals surface area contributed by atoms with Gasteiger partial charge >= 0.3 is 0 Å². The highest BCUT2D eigenvalue weighted by molar-refractivity contribution is 5.67. The van der Waals surface area contributed by atoms with Crippen molar-refractivity contribution in [3.05, 3.63) is 121 Å². The molecule has 0 radical (unpaired) electrons. The molecule has 0 aliphatic rings. The van der Waals surface area contributed by atoms with Crippen molar-refractivity contribution < 1.29 is 0 Å². The number of rotatable bonds is 6. The molecule has 0 bridgehead atoms. The predicted molar refractivity (Wildman–Crippen MR) is 114 cm³/mol. The van der Waals surface area contributed by atoms with Crippen LogP contribution in [0.2, 0.25) is 0 Å². The standard InChI is InChI=1S/C24H22N3/c1-5-13-21(14-6-1)25-27(23-17-9-3-10-18-23,24-19-11-4-12-20-24)26-22-15-7-2-8-16-22/h1-20,25-26H/q+1. The van der Waals surface area contributed by atoms with E-state index in [9.17, 15) is 0 Å². The summed E-state index contributed by atoms with van der Waals surface area (Å²) < 4.78 is 0.260. The van der Waals surface area contributed by atoms with E-state index in [1.807, 2.05) is 48.5 Å². The van der Waals surface area contributed by atoms with Crippen LogP contribution in [0.15, 0.2) is 121 Å². The monoisotopic (exact) mass is 352 g/mol. The Morgan fingerprint density at radius 1 is 0.370 bits per heavy atom. The number of nitrogens with zero attached hydrogens (tertiary/aromatic N) is 1. The van der Waals surface area contributed by atoms with Crippen molar-refractivity contribution in [2.75, 3.05) is 10.9 Å². The molecule has 0 aliphatic heterocycles. The third-order valence-corrected chi connectivity index (χ3v) is 4.43. The van der Waals surface area contributed by atoms with Gasteiger partial charge in [0.1, 0.15) is 0 Å². The molecule has 0 spiro atoms. The van der Waals surface area contributed by atoms with Gasteiger partial charge in [-0.25, -0.2) is 10.9 Å². The number of benzene rings is 4. The van der Waals surface area contributed by atoms with Crippen LogP contribution in [0.4, 0.5) is 22.7 Å². The Balaban J connectivity index is 1.90. The van der Waals surface area contributed by atoms with Crippen molar-refractivity contribution in [2.45, 2.75) is 0 Å². The van der Waals surface area contributed by atoms with Crippen LogP contribution in [0.25, 0.3) is 0 Å². The maximum absolute atomic E-state index is 3.70. The van der Waals surface area contributed by atoms with Crippen LogP contribution in [-0.2, 0) is 0 Å². The first-order valence-corrected chi connectivity index (χ1v) is 9.04. The van der Waals surface area contributed by atoms with Crippen molar-refractivity contribution in [3.8, 4) is 0 Å². The fourth-order valence-electron chi connectivity index (χ4n) is 3.15. The molecule has 4 aromatic carbocycles. The number of anilines is 2. The van der Waals surface area contributed by atoms with Crippen molar-refractivity contribution >= 4 is 22.7 Å². The molecule has 0 amide bonds. The van der Waals surface area contributed by atoms with Crippen LogP contribution < -0.4 is 15.6 Å². The Hall–Kier alpha value is -3.56. The minimum Gasteiger partial charge on any atom is -0.202 e. The largest absolute Gasteiger partial charge is 0.202 e. The molecule has 3 heteroatoms. The highest BCUT2D eigenvalue weighted by Crippen LogP contribution is 2.35. The fourth-order valence-corrected chi connectivity index (χ4v) is 3.15. The topological polar surface area (TPSA) is 24.1 Å². The van der Waals surface area contributed by atoms with E-state index < -0.39 is 0 Å². The van der Waals surface area contributed by atoms with Gasteiger partial charge in [0, 0.05) is 24.3 Å². The second kappa shape index (κ2) is 7.77. The van der Waals surface area contributed by atoms with Gasteiger partial charge in [-0.15, -0.1) is 0 Å². The van der Waals surface area contributed by atoms with Crippen LogP contribution >= 0.6 is 0 Å². The average Bonchev–Trinajstić information content (AvgIpc) is 2.76. The Morgan fingerprint density at radius 3 is 1.00 bits per heavy atom. The smallest absolute Gasteiger partial charge is 0.187 e. The molecule has 0 atom stereocenters. The molecule has 132 valence electrons. The van der Waals surface area contributed by atoms with Gasteiger partial charge in [0.05, 0.1) is 11.4 Å². The van der Waals surface area contributed by atoms with E-state index in [4.69, 9.17) is 0 Å². The number of quaternary nitrogens is 1. The molecule has 0 fully saturated rings. The summed E-state index contributed by atoms with van der Waals surface area (Å²) in [6.45, 7) is 0. The lowest BCUT2D eigenvalue weighted by atomic mass is 10.2. The Bertz CT molecular complexity index is 872. The van der Waals surface area contributed by atoms with Crippen molar-refractivity contribution in [1.82, 2.24) is 4.70 Å². The minimum atomic E-state index is 0.260. The van der Waals surface area contributed by atoms with Crippen molar-refractivity contribution in [1.29, 1.82) is 0 Å². The molecule has 0 saturated carbocycles. The SMILES string of the molecule is c1ccc(N[N+](Nc2ccccc2)(c2ccccc2)c2ccccc2)cc1. The van der Waals surface area contributed by atoms with Gasteiger partial charge in [0.25, 0.3) is 0 Å². The Morgan fingerprint density at radius 2 is 0.667 bits per heavy atom. The predicted octanol–water partition coefficient (Wildman–Crippen LogP) is 6.38. The first kappa shape index (κ1) is 16.9. The molecule has 4 aromatic rings. The molecule has 0 unspecified atom stereocenters. The number of para-hydroxylation sites is 4. The quantitative estimate of drug-likeness (QED) is 0.311. The summed E-state index contributed by atoms with van der Waals surface area (Å²) >= 11 is 0. The van der Waals surface area contributed by atoms with Gasteiger partial charge < -0.3 is 0 Å². The molecular weight excluding hydrogens is 330 g/mol. The summed E-state index contributed by atoms with van der Waals surface area (Å²) in [6, 6.07) is 41.3. The lowest BCUT2D eigenvalue weighted by Crippen LogP contribution is -2.54. The molecule has 4 rings (SSSR count). The third kappa shape index (κ3) is 3.68. The second-order valence-corrected chi connectivity index (χ2v) is 6.30. The first-order chi connectivity index (χ1) is 13.4. The molecule has 0 saturated heterocycles. The van der Waals surface area contributed by atoms with E-state index in [0.29, 0.717) is 0 Å². The molecule has 0 aromatic heterocycles. The molecule has 3 nitrogen and oxygen atoms in total. The van der Waals surface area contributed by atoms with E-state index in [1.165, 1.54) is 0 Å². The normalized spacial score (nSPS) is 11.0. The molecular formula is C24H22N3+. The zero-order valence-corrected chi connectivity index (χ0v) is 15.0. The van der Waals surface area contributed by atoms with E-state index in [0.717, 1.165) is 22.7 Å². The first-order valence-electron chi connectivity index (χ1n) is 9.04. The summed E-state index contributed by atoms with van der Waals surface area (Å²) in [4.78, 5) is 0. The van der Waals surface area contributed by atoms with E-state index in [2.05, 4.69) is 83.6 Å². The molecule has 2 N–H and O–H groups in total. The summed E-state index contributed by atoms with van der Waals surface area (Å²) in [5, 5.41) is 0. The van der Waals surface area contributed by atoms with Crippen LogP contribution in [0.3, 0.4) is 0 Å². The molecule has 0 heterocycles. The average molecular weight is 352 g/mol. The van der Waals surface area contributed by atoms with Crippen LogP contribution in [0.5, 0.6) is 0 Å². The lowest BCUT2D eigenvalue weighted by molar-refractivity contribution is 0.534. The number of hydrogen-bond donors (Lipinski definition) is 2. The zero-order valence-electron chi connectivity index (χ0n) is 15.0. The van der Waals surface area contributed by atoms with Crippen LogP contribution in [0, 0.1) is 0 Å². The van der Waals surface area contributed by atoms with Crippen LogP contribution in [0.1, 0.15) is 0 Å². The van der Waals surface area contributed by atoms with Gasteiger partial charge in [-0.3, -0.25) is 0 Å². The summed E-state index contributed by atoms with van der Waals surface area (Å²) in [5.41, 5.74) is 11.6. The Labute approximate surface area is 160 Å². The van der Waals surface area contributed by atoms with E-state index >= 15 is 0 Å². The van der Waals surface area contributed by atoms with Gasteiger partial charge in [-0.2, -0.15) is 0 Å². The van der Waals surface area contributed by atoms with Gasteiger partial charge in [-0.05, 0) is 24.3 Å². The van der Waals surface area contributed by atoms with Crippen LogP contribution in [-0.4, -0.2) is 0 Å². The zero-order chi connectivity index (χ0) is 18.4. The van der Waals surface area contributed by atoms with Gasteiger partial charge in [0.2, 0.25) is 0 Å². The van der Waals surface area contributed by atoms with E-state index in [-0.39, 0.29) is 4.70 Å². The lowest BCUT2D eigenvalue weighted by Gasteiger charge is -2.37. The molecule has 0 aliphatic carbocycles. The minimum absolute atomic E-state index is 0.260. The van der Waals surface area contributed by atoms with E-state index in [1.54, 1.807) is 0 Å². The number of hydrogen-bond acceptors (Lipinski definition) is 2. The Kier molecular flexibility index (Phi) is 4.86. The highest BCUT2D eigenvalue weighted by atomic mass is 15.9. The maximum Gasteiger partial charge on any atom is 0.187 e. The fraction of sp³-hybridized carbons (Fsp3) is 0. The third-order valence-electron chi connectivity index (χ3n) is 4.43. The maximum atomic E-state index is 3.70. The van der Waals surface area contributed by atoms with Gasteiger partial charge in [-0.1, -0.05) is 77.5 Å². The van der Waals surface area contributed by atoms with Gasteiger partial charge in [0.15, 0.2) is 11.4 Å². The van der Waals surface area contributed by atoms with Crippen molar-refractivity contribution in [3.63, 3.8) is 0 Å². The summed E-state index contributed by atoms with van der Waals surface area (Å²) in [6.07, 6.45) is 0. The summed E-state index contributed by atoms with van der Waals surface area (Å²) in [7, 11) is 0. The highest BCUT2D eigenvalue weighted by Gasteiger charge is 2.35. The number of nitrogens with one attached hydrogen (secondary N) is 2.